The van der Waals surface area contributed by atoms with Crippen molar-refractivity contribution in [3.63, 3.8) is 0 Å². The number of hydrogen-bond donors (Lipinski definition) is 0. The molecule has 2 aromatic rings. The van der Waals surface area contributed by atoms with Gasteiger partial charge in [0.1, 0.15) is 0 Å². The molecule has 1 nitrogen and oxygen atoms in total. The molecule has 3 heteroatoms. The fourth-order valence-corrected chi connectivity index (χ4v) is 1.77. The Kier molecular flexibility index (Phi) is 9.43. The molecule has 0 atom stereocenters. The van der Waals surface area contributed by atoms with Gasteiger partial charge >= 0.3 is 0 Å². The number of nitrogens with zero attached hydrogens (tertiary/aromatic N) is 1. The van der Waals surface area contributed by atoms with Gasteiger partial charge in [-0.3, -0.25) is 0 Å². The second-order valence-corrected chi connectivity index (χ2v) is 4.65. The summed E-state index contributed by atoms with van der Waals surface area (Å²) >= 11 is 3.23. The van der Waals surface area contributed by atoms with Crippen molar-refractivity contribution in [1.29, 1.82) is 0 Å². The molecule has 0 amide bonds. The average molecular weight is 241 g/mol. The van der Waals surface area contributed by atoms with Gasteiger partial charge in [-0.1, -0.05) is 20.3 Å². The minimum Gasteiger partial charge on any atom is -0.201 e. The van der Waals surface area contributed by atoms with Crippen molar-refractivity contribution >= 4 is 22.9 Å². The van der Waals surface area contributed by atoms with E-state index in [4.69, 9.17) is 0 Å². The molecular formula is C12H19NS2. The summed E-state index contributed by atoms with van der Waals surface area (Å²) in [6.45, 7) is 8.38. The van der Waals surface area contributed by atoms with Gasteiger partial charge in [-0.15, -0.1) is 0 Å². The van der Waals surface area contributed by atoms with Crippen LogP contribution in [0.1, 0.15) is 31.4 Å². The predicted molar refractivity (Wildman–Crippen MR) is 71.9 cm³/mol. The van der Waals surface area contributed by atoms with Crippen LogP contribution in [0.2, 0.25) is 0 Å². The van der Waals surface area contributed by atoms with E-state index < -0.39 is 0 Å². The zero-order valence-corrected chi connectivity index (χ0v) is 11.5. The van der Waals surface area contributed by atoms with Crippen molar-refractivity contribution < 1.29 is 0 Å². The van der Waals surface area contributed by atoms with E-state index >= 15 is 0 Å². The van der Waals surface area contributed by atoms with Crippen LogP contribution in [0.4, 0.5) is 0 Å². The second-order valence-electron chi connectivity index (χ2n) is 3.21. The molecule has 0 aromatic carbocycles. The van der Waals surface area contributed by atoms with Gasteiger partial charge in [0.2, 0.25) is 0 Å². The van der Waals surface area contributed by atoms with Crippen LogP contribution in [0.25, 0.3) is 0 Å². The molecule has 0 radical (unpaired) electrons. The predicted octanol–water partition coefficient (Wildman–Crippen LogP) is 4.92. The fourth-order valence-electron chi connectivity index (χ4n) is 0.590. The molecule has 0 N–H and O–H groups in total. The quantitative estimate of drug-likeness (QED) is 0.637. The molecule has 0 aliphatic carbocycles. The summed E-state index contributed by atoms with van der Waals surface area (Å²) in [4.78, 5) is 0. The molecule has 0 saturated carbocycles. The van der Waals surface area contributed by atoms with Crippen molar-refractivity contribution in [2.75, 3.05) is 0 Å². The Morgan fingerprint density at radius 3 is 1.93 bits per heavy atom. The van der Waals surface area contributed by atoms with Crippen molar-refractivity contribution in [1.82, 2.24) is 4.37 Å². The van der Waals surface area contributed by atoms with Gasteiger partial charge < -0.3 is 0 Å². The van der Waals surface area contributed by atoms with Crippen LogP contribution in [0.5, 0.6) is 0 Å². The first-order chi connectivity index (χ1) is 7.20. The maximum Gasteiger partial charge on any atom is 0.0436 e. The van der Waals surface area contributed by atoms with Gasteiger partial charge in [0.15, 0.2) is 0 Å². The number of rotatable bonds is 0. The van der Waals surface area contributed by atoms with E-state index in [0.717, 1.165) is 0 Å². The Hall–Kier alpha value is -0.670. The van der Waals surface area contributed by atoms with E-state index in [9.17, 15) is 0 Å². The van der Waals surface area contributed by atoms with Crippen LogP contribution in [-0.2, 0) is 0 Å². The summed E-state index contributed by atoms with van der Waals surface area (Å²) in [5, 5.41) is 6.22. The largest absolute Gasteiger partial charge is 0.201 e. The van der Waals surface area contributed by atoms with Gasteiger partial charge in [0, 0.05) is 11.6 Å². The third-order valence-corrected chi connectivity index (χ3v) is 2.72. The first-order valence-corrected chi connectivity index (χ1v) is 6.83. The van der Waals surface area contributed by atoms with Crippen molar-refractivity contribution in [2.45, 2.75) is 34.1 Å². The third-order valence-electron chi connectivity index (χ3n) is 1.22. The summed E-state index contributed by atoms with van der Waals surface area (Å²) < 4.78 is 3.86. The number of hydrogen-bond acceptors (Lipinski definition) is 3. The zero-order valence-electron chi connectivity index (χ0n) is 9.86. The SMILES string of the molecule is CCC.Cc1ccsc1.Cc1cnsc1. The average Bonchev–Trinajstić information content (AvgIpc) is 2.81. The monoisotopic (exact) mass is 241 g/mol. The molecule has 0 bridgehead atoms. The van der Waals surface area contributed by atoms with Gasteiger partial charge in [-0.25, -0.2) is 4.37 Å². The van der Waals surface area contributed by atoms with Crippen LogP contribution in [-0.4, -0.2) is 4.37 Å². The molecule has 0 aliphatic heterocycles. The molecule has 0 saturated heterocycles. The van der Waals surface area contributed by atoms with E-state index in [1.807, 2.05) is 18.5 Å². The third kappa shape index (κ3) is 9.63. The van der Waals surface area contributed by atoms with E-state index in [1.54, 1.807) is 11.3 Å². The topological polar surface area (TPSA) is 12.9 Å². The highest BCUT2D eigenvalue weighted by Gasteiger charge is 1.76. The Labute approximate surface area is 101 Å². The normalized spacial score (nSPS) is 8.27. The van der Waals surface area contributed by atoms with Gasteiger partial charge in [-0.05, 0) is 53.3 Å². The van der Waals surface area contributed by atoms with Crippen LogP contribution < -0.4 is 0 Å². The van der Waals surface area contributed by atoms with E-state index in [1.165, 1.54) is 29.1 Å². The molecular weight excluding hydrogens is 222 g/mol. The number of aryl methyl sites for hydroxylation is 2. The van der Waals surface area contributed by atoms with E-state index in [0.29, 0.717) is 0 Å². The molecule has 15 heavy (non-hydrogen) atoms. The maximum atomic E-state index is 3.86. The van der Waals surface area contributed by atoms with Gasteiger partial charge in [0.05, 0.1) is 0 Å². The molecule has 0 unspecified atom stereocenters. The summed E-state index contributed by atoms with van der Waals surface area (Å²) in [7, 11) is 0. The molecule has 0 fully saturated rings. The highest BCUT2D eigenvalue weighted by Crippen LogP contribution is 2.01. The lowest BCUT2D eigenvalue weighted by molar-refractivity contribution is 1.09. The summed E-state index contributed by atoms with van der Waals surface area (Å²) in [5.41, 5.74) is 2.61. The lowest BCUT2D eigenvalue weighted by Gasteiger charge is -1.65. The molecule has 2 rings (SSSR count). The number of thiophene rings is 1. The molecule has 2 aromatic heterocycles. The van der Waals surface area contributed by atoms with Gasteiger partial charge in [0.25, 0.3) is 0 Å². The zero-order chi connectivity index (χ0) is 11.5. The molecule has 0 spiro atoms. The molecule has 0 aliphatic rings. The Morgan fingerprint density at radius 2 is 1.80 bits per heavy atom. The number of aromatic nitrogens is 1. The first-order valence-electron chi connectivity index (χ1n) is 5.05. The molecule has 2 heterocycles. The lowest BCUT2D eigenvalue weighted by atomic mass is 10.4. The fraction of sp³-hybridized carbons (Fsp3) is 0.417. The van der Waals surface area contributed by atoms with E-state index in [2.05, 4.69) is 42.0 Å². The standard InChI is InChI=1S/C5H6S.C4H5NS.C3H8/c1-5-2-3-6-4-5;1-4-2-5-6-3-4;1-3-2/h2-4H,1H3;2-3H,1H3;3H2,1-2H3. The summed E-state index contributed by atoms with van der Waals surface area (Å²) in [5.74, 6) is 0. The first kappa shape index (κ1) is 14.3. The van der Waals surface area contributed by atoms with Crippen molar-refractivity contribution in [3.05, 3.63) is 39.5 Å². The second kappa shape index (κ2) is 9.87. The summed E-state index contributed by atoms with van der Waals surface area (Å²) in [6.07, 6.45) is 3.10. The minimum absolute atomic E-state index is 1.25. The highest BCUT2D eigenvalue weighted by atomic mass is 32.1. The van der Waals surface area contributed by atoms with Gasteiger partial charge in [-0.2, -0.15) is 11.3 Å². The van der Waals surface area contributed by atoms with Crippen molar-refractivity contribution in [2.24, 2.45) is 0 Å². The molecule has 84 valence electrons. The summed E-state index contributed by atoms with van der Waals surface area (Å²) in [6, 6.07) is 2.10. The van der Waals surface area contributed by atoms with Crippen LogP contribution in [0.3, 0.4) is 0 Å². The maximum absolute atomic E-state index is 3.86. The van der Waals surface area contributed by atoms with Crippen LogP contribution >= 0.6 is 22.9 Å². The van der Waals surface area contributed by atoms with Crippen molar-refractivity contribution in [3.8, 4) is 0 Å². The van der Waals surface area contributed by atoms with Crippen LogP contribution in [0.15, 0.2) is 28.4 Å². The Morgan fingerprint density at radius 1 is 1.13 bits per heavy atom. The highest BCUT2D eigenvalue weighted by molar-refractivity contribution is 7.07. The Balaban J connectivity index is 0.000000210. The van der Waals surface area contributed by atoms with E-state index in [-0.39, 0.29) is 0 Å². The lowest BCUT2D eigenvalue weighted by Crippen LogP contribution is -1.50. The Bertz CT molecular complexity index is 266. The minimum atomic E-state index is 1.25. The van der Waals surface area contributed by atoms with Crippen LogP contribution in [0, 0.1) is 13.8 Å². The smallest absolute Gasteiger partial charge is 0.0436 e.